The zero-order valence-corrected chi connectivity index (χ0v) is 15.1. The molecule has 3 unspecified atom stereocenters. The normalized spacial score (nSPS) is 27.5. The third kappa shape index (κ3) is 2.57. The Balaban J connectivity index is 1.42. The molecule has 2 fully saturated rings. The van der Waals surface area contributed by atoms with E-state index >= 15 is 0 Å². The summed E-state index contributed by atoms with van der Waals surface area (Å²) in [6.45, 7) is 5.47. The van der Waals surface area contributed by atoms with Crippen molar-refractivity contribution in [2.24, 2.45) is 11.3 Å². The maximum absolute atomic E-state index is 12.5. The van der Waals surface area contributed by atoms with Crippen molar-refractivity contribution in [3.05, 3.63) is 34.4 Å². The quantitative estimate of drug-likeness (QED) is 0.859. The van der Waals surface area contributed by atoms with Crippen LogP contribution in [-0.4, -0.2) is 39.6 Å². The highest BCUT2D eigenvalue weighted by Crippen LogP contribution is 2.52. The summed E-state index contributed by atoms with van der Waals surface area (Å²) in [5.74, 6) is 0.789. The zero-order valence-electron chi connectivity index (χ0n) is 13.5. The minimum atomic E-state index is -0.199. The van der Waals surface area contributed by atoms with Crippen LogP contribution in [0.2, 0.25) is 0 Å². The number of nitrogens with zero attached hydrogens (tertiary/aromatic N) is 3. The lowest BCUT2D eigenvalue weighted by Gasteiger charge is -2.54. The summed E-state index contributed by atoms with van der Waals surface area (Å²) < 4.78 is 13.6. The van der Waals surface area contributed by atoms with Crippen molar-refractivity contribution in [3.63, 3.8) is 0 Å². The van der Waals surface area contributed by atoms with Gasteiger partial charge in [-0.3, -0.25) is 9.48 Å². The van der Waals surface area contributed by atoms with Crippen molar-refractivity contribution in [1.82, 2.24) is 20.3 Å². The molecule has 3 atom stereocenters. The summed E-state index contributed by atoms with van der Waals surface area (Å²) in [7, 11) is 0. The Morgan fingerprint density at radius 1 is 1.54 bits per heavy atom. The molecule has 1 saturated carbocycles. The molecule has 128 valence electrons. The van der Waals surface area contributed by atoms with Gasteiger partial charge in [0.1, 0.15) is 6.54 Å². The van der Waals surface area contributed by atoms with Gasteiger partial charge in [0.15, 0.2) is 11.5 Å². The van der Waals surface area contributed by atoms with Crippen molar-refractivity contribution in [3.8, 4) is 0 Å². The van der Waals surface area contributed by atoms with Crippen LogP contribution in [0, 0.1) is 11.3 Å². The lowest BCUT2D eigenvalue weighted by molar-refractivity contribution is -0.108. The molecule has 1 aliphatic carbocycles. The summed E-state index contributed by atoms with van der Waals surface area (Å²) in [4.78, 5) is 12.5. The summed E-state index contributed by atoms with van der Waals surface area (Å²) in [5.41, 5.74) is 0.249. The van der Waals surface area contributed by atoms with E-state index in [-0.39, 0.29) is 23.5 Å². The summed E-state index contributed by atoms with van der Waals surface area (Å²) in [5, 5.41) is 11.2. The van der Waals surface area contributed by atoms with Crippen LogP contribution in [0.4, 0.5) is 0 Å². The molecule has 0 radical (unpaired) electrons. The molecule has 4 rings (SSSR count). The second-order valence-electron chi connectivity index (χ2n) is 7.05. The first-order valence-corrected chi connectivity index (χ1v) is 8.80. The van der Waals surface area contributed by atoms with E-state index in [4.69, 9.17) is 9.26 Å². The monoisotopic (exact) mass is 394 g/mol. The Morgan fingerprint density at radius 2 is 2.38 bits per heavy atom. The third-order valence-electron chi connectivity index (χ3n) is 5.10. The number of amides is 1. The highest BCUT2D eigenvalue weighted by atomic mass is 79.9. The van der Waals surface area contributed by atoms with Crippen LogP contribution in [-0.2, 0) is 11.3 Å². The number of ether oxygens (including phenoxy) is 1. The molecule has 1 amide bonds. The predicted octanol–water partition coefficient (Wildman–Crippen LogP) is 2.23. The number of nitrogens with one attached hydrogen (secondary N) is 1. The molecule has 1 saturated heterocycles. The van der Waals surface area contributed by atoms with E-state index in [1.807, 2.05) is 6.20 Å². The Morgan fingerprint density at radius 3 is 3.12 bits per heavy atom. The number of fused-ring (bicyclic) bond motifs is 1. The second-order valence-corrected chi connectivity index (χ2v) is 7.97. The molecular formula is C16H19BrN4O3. The first-order valence-electron chi connectivity index (χ1n) is 8.01. The van der Waals surface area contributed by atoms with Gasteiger partial charge in [0, 0.05) is 36.2 Å². The molecule has 24 heavy (non-hydrogen) atoms. The van der Waals surface area contributed by atoms with E-state index in [1.54, 1.807) is 16.9 Å². The fourth-order valence-corrected chi connectivity index (χ4v) is 4.24. The molecule has 2 aromatic heterocycles. The van der Waals surface area contributed by atoms with Gasteiger partial charge in [0.05, 0.1) is 16.8 Å². The van der Waals surface area contributed by atoms with Crippen LogP contribution in [0.25, 0.3) is 0 Å². The number of rotatable bonds is 4. The van der Waals surface area contributed by atoms with Crippen LogP contribution >= 0.6 is 15.9 Å². The highest BCUT2D eigenvalue weighted by Gasteiger charge is 2.59. The maximum atomic E-state index is 12.5. The van der Waals surface area contributed by atoms with Gasteiger partial charge in [0.25, 0.3) is 5.91 Å². The molecule has 3 heterocycles. The van der Waals surface area contributed by atoms with Crippen LogP contribution in [0.3, 0.4) is 0 Å². The molecule has 0 bridgehead atoms. The standard InChI is InChI=1S/C16H19BrN4O3/c1-16(2)13(11-3-4-23-14(11)16)19-15(22)12-5-10(24-20-12)8-21-7-9(17)6-18-21/h5-7,11,13-14H,3-4,8H2,1-2H3,(H,19,22). The van der Waals surface area contributed by atoms with E-state index in [0.717, 1.165) is 17.5 Å². The molecular weight excluding hydrogens is 376 g/mol. The lowest BCUT2D eigenvalue weighted by Crippen LogP contribution is -2.66. The van der Waals surface area contributed by atoms with Gasteiger partial charge in [-0.25, -0.2) is 0 Å². The van der Waals surface area contributed by atoms with Crippen LogP contribution in [0.15, 0.2) is 27.5 Å². The number of hydrogen-bond acceptors (Lipinski definition) is 5. The van der Waals surface area contributed by atoms with Gasteiger partial charge in [0.2, 0.25) is 0 Å². The van der Waals surface area contributed by atoms with E-state index in [2.05, 4.69) is 45.3 Å². The number of carbonyl (C=O) groups is 1. The second kappa shape index (κ2) is 5.70. The molecule has 0 aromatic carbocycles. The number of aromatic nitrogens is 3. The Hall–Kier alpha value is -1.67. The van der Waals surface area contributed by atoms with E-state index in [1.165, 1.54) is 0 Å². The summed E-state index contributed by atoms with van der Waals surface area (Å²) in [6.07, 6.45) is 4.77. The fourth-order valence-electron chi connectivity index (χ4n) is 3.91. The fraction of sp³-hybridized carbons (Fsp3) is 0.562. The van der Waals surface area contributed by atoms with Crippen molar-refractivity contribution in [2.75, 3.05) is 6.61 Å². The minimum Gasteiger partial charge on any atom is -0.377 e. The number of halogens is 1. The molecule has 7 nitrogen and oxygen atoms in total. The molecule has 8 heteroatoms. The van der Waals surface area contributed by atoms with Crippen molar-refractivity contribution in [2.45, 2.75) is 39.0 Å². The Bertz CT molecular complexity index is 769. The molecule has 2 aromatic rings. The van der Waals surface area contributed by atoms with Gasteiger partial charge in [-0.2, -0.15) is 5.10 Å². The van der Waals surface area contributed by atoms with Crippen LogP contribution in [0.1, 0.15) is 36.5 Å². The first-order chi connectivity index (χ1) is 11.4. The van der Waals surface area contributed by atoms with Crippen molar-refractivity contribution in [1.29, 1.82) is 0 Å². The van der Waals surface area contributed by atoms with E-state index < -0.39 is 0 Å². The van der Waals surface area contributed by atoms with E-state index in [0.29, 0.717) is 23.9 Å². The van der Waals surface area contributed by atoms with Gasteiger partial charge in [-0.15, -0.1) is 0 Å². The summed E-state index contributed by atoms with van der Waals surface area (Å²) >= 11 is 3.34. The topological polar surface area (TPSA) is 82.2 Å². The predicted molar refractivity (Wildman–Crippen MR) is 88.4 cm³/mol. The third-order valence-corrected chi connectivity index (χ3v) is 5.51. The van der Waals surface area contributed by atoms with E-state index in [9.17, 15) is 4.79 Å². The van der Waals surface area contributed by atoms with Crippen LogP contribution in [0.5, 0.6) is 0 Å². The SMILES string of the molecule is CC1(C)C(NC(=O)c2cc(Cn3cc(Br)cn3)on2)C2CCOC21. The maximum Gasteiger partial charge on any atom is 0.273 e. The Kier molecular flexibility index (Phi) is 3.76. The lowest BCUT2D eigenvalue weighted by atomic mass is 9.57. The van der Waals surface area contributed by atoms with Gasteiger partial charge >= 0.3 is 0 Å². The number of hydrogen-bond donors (Lipinski definition) is 1. The van der Waals surface area contributed by atoms with Gasteiger partial charge in [-0.1, -0.05) is 19.0 Å². The average molecular weight is 395 g/mol. The average Bonchev–Trinajstić information content (AvgIpc) is 3.25. The minimum absolute atomic E-state index is 0.0509. The number of carbonyl (C=O) groups excluding carboxylic acids is 1. The molecule has 2 aliphatic rings. The van der Waals surface area contributed by atoms with Gasteiger partial charge in [-0.05, 0) is 22.4 Å². The van der Waals surface area contributed by atoms with Crippen LogP contribution < -0.4 is 5.32 Å². The van der Waals surface area contributed by atoms with Crippen molar-refractivity contribution >= 4 is 21.8 Å². The largest absolute Gasteiger partial charge is 0.377 e. The molecule has 0 spiro atoms. The molecule has 1 N–H and O–H groups in total. The zero-order chi connectivity index (χ0) is 16.9. The molecule has 1 aliphatic heterocycles. The van der Waals surface area contributed by atoms with Gasteiger partial charge < -0.3 is 14.6 Å². The van der Waals surface area contributed by atoms with Crippen molar-refractivity contribution < 1.29 is 14.1 Å². The smallest absolute Gasteiger partial charge is 0.273 e. The highest BCUT2D eigenvalue weighted by molar-refractivity contribution is 9.10. The summed E-state index contributed by atoms with van der Waals surface area (Å²) in [6, 6.07) is 1.78. The first kappa shape index (κ1) is 15.8. The Labute approximate surface area is 147 Å².